The molecule has 0 amide bonds. The number of ketones is 1. The second-order valence-electron chi connectivity index (χ2n) is 9.85. The molecule has 2 aromatic heterocycles. The Morgan fingerprint density at radius 3 is 1.96 bits per heavy atom. The van der Waals surface area contributed by atoms with Gasteiger partial charge in [-0.3, -0.25) is 9.59 Å². The number of hydrogen-bond acceptors (Lipinski definition) is 3. The summed E-state index contributed by atoms with van der Waals surface area (Å²) in [7, 11) is 0. The summed E-state index contributed by atoms with van der Waals surface area (Å²) in [6.07, 6.45) is 5.29. The smallest absolute Gasteiger partial charge is 0.196 e. The van der Waals surface area contributed by atoms with Crippen molar-refractivity contribution in [1.82, 2.24) is 9.13 Å². The van der Waals surface area contributed by atoms with Crippen LogP contribution < -0.4 is 0 Å². The minimum absolute atomic E-state index is 0.179. The molecule has 6 aromatic rings. The van der Waals surface area contributed by atoms with Gasteiger partial charge >= 0.3 is 0 Å². The lowest BCUT2D eigenvalue weighted by atomic mass is 9.99. The highest BCUT2D eigenvalue weighted by Crippen LogP contribution is 2.36. The summed E-state index contributed by atoms with van der Waals surface area (Å²) in [5, 5.41) is 13.0. The lowest BCUT2D eigenvalue weighted by Gasteiger charge is -2.18. The molecule has 0 fully saturated rings. The lowest BCUT2D eigenvalue weighted by molar-refractivity contribution is 0.103. The van der Waals surface area contributed by atoms with E-state index >= 15 is 0 Å². The maximum absolute atomic E-state index is 13.0. The number of aliphatic hydroxyl groups is 1. The molecule has 6 rings (SSSR count). The molecule has 0 bridgehead atoms. The van der Waals surface area contributed by atoms with Gasteiger partial charge in [0.25, 0.3) is 0 Å². The van der Waals surface area contributed by atoms with Crippen LogP contribution in [0.25, 0.3) is 11.4 Å². The van der Waals surface area contributed by atoms with Crippen LogP contribution in [0, 0.1) is 0 Å². The third-order valence-corrected chi connectivity index (χ3v) is 9.13. The normalized spacial score (nSPS) is 11.5. The maximum Gasteiger partial charge on any atom is 0.196 e. The Morgan fingerprint density at radius 2 is 1.26 bits per heavy atom. The van der Waals surface area contributed by atoms with Gasteiger partial charge in [-0.2, -0.15) is 0 Å². The zero-order chi connectivity index (χ0) is 33.0. The van der Waals surface area contributed by atoms with Gasteiger partial charge in [0, 0.05) is 50.9 Å². The van der Waals surface area contributed by atoms with Crippen LogP contribution in [0.3, 0.4) is 0 Å². The number of halogens is 6. The Hall–Kier alpha value is -3.52. The predicted octanol–water partition coefficient (Wildman–Crippen LogP) is 11.0. The highest BCUT2D eigenvalue weighted by molar-refractivity contribution is 6.44. The molecular formula is C35H22Cl6N2O3. The van der Waals surface area contributed by atoms with Crippen molar-refractivity contribution in [2.45, 2.75) is 6.10 Å². The molecule has 1 unspecified atom stereocenters. The van der Waals surface area contributed by atoms with Crippen molar-refractivity contribution in [1.29, 1.82) is 0 Å². The lowest BCUT2D eigenvalue weighted by Crippen LogP contribution is -2.09. The Bertz CT molecular complexity index is 2040. The van der Waals surface area contributed by atoms with Gasteiger partial charge in [-0.1, -0.05) is 87.8 Å². The average Bonchev–Trinajstić information content (AvgIpc) is 3.76. The second-order valence-corrected chi connectivity index (χ2v) is 12.3. The number of rotatable bonds is 7. The second kappa shape index (κ2) is 14.9. The Labute approximate surface area is 295 Å². The molecule has 0 saturated carbocycles. The largest absolute Gasteiger partial charge is 0.384 e. The molecule has 0 radical (unpaired) electrons. The minimum Gasteiger partial charge on any atom is -0.384 e. The van der Waals surface area contributed by atoms with Crippen molar-refractivity contribution in [2.24, 2.45) is 0 Å². The molecule has 0 aliphatic rings. The number of aromatic nitrogens is 2. The van der Waals surface area contributed by atoms with Crippen molar-refractivity contribution >= 4 is 81.7 Å². The molecule has 11 heteroatoms. The van der Waals surface area contributed by atoms with Crippen molar-refractivity contribution < 1.29 is 14.7 Å². The zero-order valence-electron chi connectivity index (χ0n) is 23.6. The quantitative estimate of drug-likeness (QED) is 0.131. The molecule has 232 valence electrons. The fourth-order valence-electron chi connectivity index (χ4n) is 4.81. The Kier molecular flexibility index (Phi) is 11.0. The number of benzene rings is 4. The first kappa shape index (κ1) is 33.8. The molecule has 0 spiro atoms. The summed E-state index contributed by atoms with van der Waals surface area (Å²) < 4.78 is 3.53. The molecule has 0 aliphatic carbocycles. The van der Waals surface area contributed by atoms with Crippen molar-refractivity contribution in [3.8, 4) is 11.4 Å². The van der Waals surface area contributed by atoms with E-state index in [9.17, 15) is 14.7 Å². The van der Waals surface area contributed by atoms with Crippen LogP contribution in [-0.4, -0.2) is 26.3 Å². The summed E-state index contributed by atoms with van der Waals surface area (Å²) >= 11 is 36.6. The van der Waals surface area contributed by atoms with E-state index in [2.05, 4.69) is 0 Å². The first-order chi connectivity index (χ1) is 22.1. The van der Waals surface area contributed by atoms with Crippen LogP contribution in [-0.2, 0) is 0 Å². The zero-order valence-corrected chi connectivity index (χ0v) is 28.1. The summed E-state index contributed by atoms with van der Waals surface area (Å²) in [5.74, 6) is -0.328. The number of hydrogen-bond donors (Lipinski definition) is 1. The molecule has 1 atom stereocenters. The first-order valence-corrected chi connectivity index (χ1v) is 15.8. The minimum atomic E-state index is -0.928. The molecule has 0 saturated heterocycles. The van der Waals surface area contributed by atoms with Gasteiger partial charge in [-0.05, 0) is 78.9 Å². The van der Waals surface area contributed by atoms with Crippen LogP contribution in [0.5, 0.6) is 0 Å². The molecule has 2 heterocycles. The van der Waals surface area contributed by atoms with Gasteiger partial charge in [0.05, 0.1) is 37.2 Å². The third-order valence-electron chi connectivity index (χ3n) is 7.00. The predicted molar refractivity (Wildman–Crippen MR) is 187 cm³/mol. The van der Waals surface area contributed by atoms with Crippen LogP contribution in [0.2, 0.25) is 30.1 Å². The Balaban J connectivity index is 0.000000182. The standard InChI is InChI=1S/C18H10Cl3NO2.C17H12Cl3NO/c19-11-6-7-16(22-8-2-3-12(22)10-23)14(9-11)18(24)13-4-1-5-15(20)17(13)21;18-11-6-7-15(21-8-1-2-9-21)13(10-11)17(22)12-4-3-5-14(19)16(12)20/h1-10H;1-10,17,22H. The van der Waals surface area contributed by atoms with Gasteiger partial charge in [0.2, 0.25) is 0 Å². The first-order valence-electron chi connectivity index (χ1n) is 13.6. The van der Waals surface area contributed by atoms with E-state index < -0.39 is 6.10 Å². The molecule has 4 aromatic carbocycles. The number of carbonyl (C=O) groups is 2. The SMILES string of the molecule is O=Cc1cccn1-c1ccc(Cl)cc1C(=O)c1cccc(Cl)c1Cl.OC(c1cc(Cl)ccc1-n1cccc1)c1cccc(Cl)c1Cl. The Morgan fingerprint density at radius 1 is 0.630 bits per heavy atom. The number of aldehydes is 1. The van der Waals surface area contributed by atoms with E-state index in [-0.39, 0.29) is 16.4 Å². The molecule has 1 N–H and O–H groups in total. The monoisotopic (exact) mass is 728 g/mol. The van der Waals surface area contributed by atoms with Crippen molar-refractivity contribution in [3.05, 3.63) is 174 Å². The number of carbonyl (C=O) groups excluding carboxylic acids is 2. The summed E-state index contributed by atoms with van der Waals surface area (Å²) in [6, 6.07) is 27.5. The summed E-state index contributed by atoms with van der Waals surface area (Å²) in [6.45, 7) is 0. The fourth-order valence-corrected chi connectivity index (χ4v) is 5.96. The number of aliphatic hydroxyl groups excluding tert-OH is 1. The van der Waals surface area contributed by atoms with Crippen LogP contribution in [0.1, 0.15) is 43.6 Å². The molecule has 46 heavy (non-hydrogen) atoms. The van der Waals surface area contributed by atoms with Gasteiger partial charge < -0.3 is 14.2 Å². The summed E-state index contributed by atoms with van der Waals surface area (Å²) in [5.41, 5.74) is 3.59. The number of nitrogens with zero attached hydrogens (tertiary/aromatic N) is 2. The summed E-state index contributed by atoms with van der Waals surface area (Å²) in [4.78, 5) is 24.2. The van der Waals surface area contributed by atoms with Gasteiger partial charge in [0.1, 0.15) is 6.10 Å². The highest BCUT2D eigenvalue weighted by Gasteiger charge is 2.21. The van der Waals surface area contributed by atoms with E-state index in [1.807, 2.05) is 35.2 Å². The van der Waals surface area contributed by atoms with Gasteiger partial charge in [-0.25, -0.2) is 0 Å². The van der Waals surface area contributed by atoms with E-state index in [1.165, 1.54) is 0 Å². The highest BCUT2D eigenvalue weighted by atomic mass is 35.5. The van der Waals surface area contributed by atoms with E-state index in [4.69, 9.17) is 69.6 Å². The molecule has 5 nitrogen and oxygen atoms in total. The van der Waals surface area contributed by atoms with E-state index in [1.54, 1.807) is 89.6 Å². The van der Waals surface area contributed by atoms with Crippen LogP contribution >= 0.6 is 69.6 Å². The average molecular weight is 731 g/mol. The molecule has 0 aliphatic heterocycles. The van der Waals surface area contributed by atoms with Gasteiger partial charge in [0.15, 0.2) is 12.1 Å². The maximum atomic E-state index is 13.0. The topological polar surface area (TPSA) is 64.2 Å². The van der Waals surface area contributed by atoms with Crippen molar-refractivity contribution in [3.63, 3.8) is 0 Å². The molecular weight excluding hydrogens is 709 g/mol. The van der Waals surface area contributed by atoms with Crippen LogP contribution in [0.15, 0.2) is 116 Å². The van der Waals surface area contributed by atoms with Gasteiger partial charge in [-0.15, -0.1) is 0 Å². The van der Waals surface area contributed by atoms with E-state index in [0.717, 1.165) is 12.0 Å². The van der Waals surface area contributed by atoms with Crippen LogP contribution in [0.4, 0.5) is 0 Å². The van der Waals surface area contributed by atoms with E-state index in [0.29, 0.717) is 53.2 Å². The van der Waals surface area contributed by atoms with Crippen molar-refractivity contribution in [2.75, 3.05) is 0 Å². The fraction of sp³-hybridized carbons (Fsp3) is 0.0286. The third kappa shape index (κ3) is 7.22.